The van der Waals surface area contributed by atoms with E-state index >= 15 is 0 Å². The van der Waals surface area contributed by atoms with E-state index in [-0.39, 0.29) is 21.9 Å². The Morgan fingerprint density at radius 1 is 1.63 bits per heavy atom. The third-order valence-electron chi connectivity index (χ3n) is 2.50. The van der Waals surface area contributed by atoms with E-state index in [9.17, 15) is 8.42 Å². The summed E-state index contributed by atoms with van der Waals surface area (Å²) in [5.74, 6) is 0.170. The van der Waals surface area contributed by atoms with Gasteiger partial charge in [-0.3, -0.25) is 5.10 Å². The van der Waals surface area contributed by atoms with E-state index in [1.54, 1.807) is 13.1 Å². The van der Waals surface area contributed by atoms with Crippen LogP contribution >= 0.6 is 15.9 Å². The number of furan rings is 1. The number of sulfonamides is 1. The van der Waals surface area contributed by atoms with Crippen LogP contribution in [-0.4, -0.2) is 23.7 Å². The molecule has 2 aromatic heterocycles. The second-order valence-corrected chi connectivity index (χ2v) is 6.29. The van der Waals surface area contributed by atoms with Gasteiger partial charge in [0.1, 0.15) is 17.3 Å². The van der Waals surface area contributed by atoms with Crippen LogP contribution in [0.4, 0.5) is 0 Å². The van der Waals surface area contributed by atoms with Gasteiger partial charge in [0.05, 0.1) is 6.20 Å². The normalized spacial score (nSPS) is 13.6. The maximum absolute atomic E-state index is 12.2. The molecule has 0 aliphatic heterocycles. The number of aromatic amines is 1. The van der Waals surface area contributed by atoms with Gasteiger partial charge in [0.15, 0.2) is 4.67 Å². The summed E-state index contributed by atoms with van der Waals surface area (Å²) in [7, 11) is -3.75. The zero-order chi connectivity index (χ0) is 14.0. The summed E-state index contributed by atoms with van der Waals surface area (Å²) in [6, 6.07) is 0.831. The van der Waals surface area contributed by atoms with Crippen LogP contribution in [-0.2, 0) is 16.6 Å². The summed E-state index contributed by atoms with van der Waals surface area (Å²) in [5.41, 5.74) is 0.713. The number of aliphatic hydroxyl groups excluding tert-OH is 1. The number of H-pyrrole nitrogens is 1. The molecule has 104 valence electrons. The second-order valence-electron chi connectivity index (χ2n) is 3.88. The van der Waals surface area contributed by atoms with E-state index in [0.717, 1.165) is 0 Å². The quantitative estimate of drug-likeness (QED) is 0.753. The fourth-order valence-corrected chi connectivity index (χ4v) is 3.75. The van der Waals surface area contributed by atoms with Crippen LogP contribution in [0.1, 0.15) is 24.3 Å². The average Bonchev–Trinajstić information content (AvgIpc) is 2.96. The Labute approximate surface area is 118 Å². The van der Waals surface area contributed by atoms with Gasteiger partial charge in [-0.25, -0.2) is 13.1 Å². The van der Waals surface area contributed by atoms with Crippen LogP contribution in [0.2, 0.25) is 0 Å². The highest BCUT2D eigenvalue weighted by atomic mass is 79.9. The van der Waals surface area contributed by atoms with Crippen LogP contribution < -0.4 is 4.72 Å². The standard InChI is InChI=1S/C10H12BrN3O4S/c1-6(7-3-12-13-4-7)14-19(16,17)9-2-8(5-15)18-10(9)11/h2-4,6,14-15H,5H2,1H3,(H,12,13). The Hall–Kier alpha value is -1.16. The molecule has 0 fully saturated rings. The summed E-state index contributed by atoms with van der Waals surface area (Å²) in [6.07, 6.45) is 3.15. The Balaban J connectivity index is 2.25. The average molecular weight is 350 g/mol. The number of nitrogens with one attached hydrogen (secondary N) is 2. The van der Waals surface area contributed by atoms with Gasteiger partial charge in [-0.05, 0) is 22.9 Å². The van der Waals surface area contributed by atoms with Crippen molar-refractivity contribution >= 4 is 26.0 Å². The third kappa shape index (κ3) is 3.06. The van der Waals surface area contributed by atoms with Crippen LogP contribution in [0.25, 0.3) is 0 Å². The zero-order valence-corrected chi connectivity index (χ0v) is 12.3. The maximum Gasteiger partial charge on any atom is 0.245 e. The largest absolute Gasteiger partial charge is 0.450 e. The van der Waals surface area contributed by atoms with Crippen molar-refractivity contribution in [1.29, 1.82) is 0 Å². The van der Waals surface area contributed by atoms with Crippen LogP contribution in [0.15, 0.2) is 32.4 Å². The molecule has 0 spiro atoms. The van der Waals surface area contributed by atoms with E-state index in [1.807, 2.05) is 0 Å². The number of aliphatic hydroxyl groups is 1. The highest BCUT2D eigenvalue weighted by Crippen LogP contribution is 2.27. The van der Waals surface area contributed by atoms with Gasteiger partial charge >= 0.3 is 0 Å². The van der Waals surface area contributed by atoms with Gasteiger partial charge < -0.3 is 9.52 Å². The fraction of sp³-hybridized carbons (Fsp3) is 0.300. The van der Waals surface area contributed by atoms with Crippen molar-refractivity contribution in [3.8, 4) is 0 Å². The molecule has 0 amide bonds. The van der Waals surface area contributed by atoms with Gasteiger partial charge in [-0.15, -0.1) is 0 Å². The van der Waals surface area contributed by atoms with Crippen molar-refractivity contribution in [3.63, 3.8) is 0 Å². The van der Waals surface area contributed by atoms with Gasteiger partial charge in [-0.2, -0.15) is 5.10 Å². The molecule has 3 N–H and O–H groups in total. The molecular formula is C10H12BrN3O4S. The molecule has 2 rings (SSSR count). The molecule has 0 aliphatic rings. The molecule has 9 heteroatoms. The third-order valence-corrected chi connectivity index (χ3v) is 4.90. The minimum Gasteiger partial charge on any atom is -0.450 e. The predicted molar refractivity (Wildman–Crippen MR) is 69.7 cm³/mol. The van der Waals surface area contributed by atoms with E-state index < -0.39 is 16.1 Å². The lowest BCUT2D eigenvalue weighted by molar-refractivity contribution is 0.245. The lowest BCUT2D eigenvalue weighted by atomic mass is 10.2. The second kappa shape index (κ2) is 5.45. The molecule has 0 aromatic carbocycles. The summed E-state index contributed by atoms with van der Waals surface area (Å²) in [5, 5.41) is 15.3. The molecule has 1 atom stereocenters. The van der Waals surface area contributed by atoms with E-state index in [2.05, 4.69) is 30.8 Å². The minimum atomic E-state index is -3.75. The van der Waals surface area contributed by atoms with Crippen molar-refractivity contribution in [2.45, 2.75) is 24.5 Å². The predicted octanol–water partition coefficient (Wildman–Crippen LogP) is 1.30. The summed E-state index contributed by atoms with van der Waals surface area (Å²) >= 11 is 3.02. The van der Waals surface area contributed by atoms with Crippen LogP contribution in [0.5, 0.6) is 0 Å². The van der Waals surface area contributed by atoms with Crippen molar-refractivity contribution in [1.82, 2.24) is 14.9 Å². The summed E-state index contributed by atoms with van der Waals surface area (Å²) in [4.78, 5) is -0.0492. The number of hydrogen-bond donors (Lipinski definition) is 3. The van der Waals surface area contributed by atoms with Crippen molar-refractivity contribution in [2.24, 2.45) is 0 Å². The summed E-state index contributed by atoms with van der Waals surface area (Å²) < 4.78 is 32.0. The van der Waals surface area contributed by atoms with Crippen molar-refractivity contribution in [2.75, 3.05) is 0 Å². The van der Waals surface area contributed by atoms with Gasteiger partial charge in [0, 0.05) is 23.9 Å². The highest BCUT2D eigenvalue weighted by molar-refractivity contribution is 9.10. The molecule has 0 aliphatic carbocycles. The first-order valence-corrected chi connectivity index (χ1v) is 7.61. The van der Waals surface area contributed by atoms with Crippen molar-refractivity contribution in [3.05, 3.63) is 34.5 Å². The van der Waals surface area contributed by atoms with Crippen LogP contribution in [0, 0.1) is 0 Å². The molecule has 0 bridgehead atoms. The minimum absolute atomic E-state index is 0.0492. The van der Waals surface area contributed by atoms with Crippen molar-refractivity contribution < 1.29 is 17.9 Å². The highest BCUT2D eigenvalue weighted by Gasteiger charge is 2.24. The number of hydrogen-bond acceptors (Lipinski definition) is 5. The maximum atomic E-state index is 12.2. The summed E-state index contributed by atoms with van der Waals surface area (Å²) in [6.45, 7) is 1.33. The van der Waals surface area contributed by atoms with E-state index in [1.165, 1.54) is 12.3 Å². The number of halogens is 1. The monoisotopic (exact) mass is 349 g/mol. The Bertz CT molecular complexity index is 650. The molecular weight excluding hydrogens is 338 g/mol. The Morgan fingerprint density at radius 3 is 2.89 bits per heavy atom. The number of nitrogens with zero attached hydrogens (tertiary/aromatic N) is 1. The fourth-order valence-electron chi connectivity index (χ4n) is 1.52. The number of aromatic nitrogens is 2. The molecule has 2 aromatic rings. The van der Waals surface area contributed by atoms with Crippen LogP contribution in [0.3, 0.4) is 0 Å². The molecule has 7 nitrogen and oxygen atoms in total. The lowest BCUT2D eigenvalue weighted by Crippen LogP contribution is -2.26. The molecule has 0 saturated heterocycles. The lowest BCUT2D eigenvalue weighted by Gasteiger charge is -2.11. The molecule has 1 unspecified atom stereocenters. The molecule has 2 heterocycles. The topological polar surface area (TPSA) is 108 Å². The van der Waals surface area contributed by atoms with E-state index in [4.69, 9.17) is 9.52 Å². The van der Waals surface area contributed by atoms with Gasteiger partial charge in [0.2, 0.25) is 10.0 Å². The smallest absolute Gasteiger partial charge is 0.245 e. The van der Waals surface area contributed by atoms with E-state index in [0.29, 0.717) is 5.56 Å². The molecule has 19 heavy (non-hydrogen) atoms. The number of rotatable bonds is 5. The first-order chi connectivity index (χ1) is 8.94. The van der Waals surface area contributed by atoms with Gasteiger partial charge in [-0.1, -0.05) is 0 Å². The van der Waals surface area contributed by atoms with Gasteiger partial charge in [0.25, 0.3) is 0 Å². The first-order valence-electron chi connectivity index (χ1n) is 5.34. The SMILES string of the molecule is CC(NS(=O)(=O)c1cc(CO)oc1Br)c1cn[nH]c1. The first kappa shape index (κ1) is 14.3. The molecule has 0 saturated carbocycles. The Morgan fingerprint density at radius 2 is 2.37 bits per heavy atom. The Kier molecular flexibility index (Phi) is 4.09. The zero-order valence-electron chi connectivity index (χ0n) is 9.92. The molecule has 0 radical (unpaired) electrons.